The molecule has 0 aromatic heterocycles. The lowest BCUT2D eigenvalue weighted by Crippen LogP contribution is -1.99. The molecule has 1 aromatic rings. The molecule has 0 saturated heterocycles. The number of hydrogen-bond donors (Lipinski definition) is 0. The Morgan fingerprint density at radius 1 is 1.14 bits per heavy atom. The van der Waals surface area contributed by atoms with Crippen LogP contribution in [0.2, 0.25) is 0 Å². The molecule has 0 spiro atoms. The SMILES string of the molecule is CC1=Cc2ccc(C(C)C)cc2CC1. The highest BCUT2D eigenvalue weighted by Crippen LogP contribution is 2.26. The molecule has 0 amide bonds. The molecule has 0 nitrogen and oxygen atoms in total. The van der Waals surface area contributed by atoms with Crippen LogP contribution in [0.15, 0.2) is 23.8 Å². The fraction of sp³-hybridized carbons (Fsp3) is 0.429. The first-order chi connectivity index (χ1) is 6.66. The zero-order chi connectivity index (χ0) is 10.1. The number of hydrogen-bond acceptors (Lipinski definition) is 0. The maximum atomic E-state index is 2.38. The average Bonchev–Trinajstić information content (AvgIpc) is 2.16. The average molecular weight is 186 g/mol. The van der Waals surface area contributed by atoms with Gasteiger partial charge in [-0.15, -0.1) is 0 Å². The summed E-state index contributed by atoms with van der Waals surface area (Å²) in [7, 11) is 0. The van der Waals surface area contributed by atoms with Gasteiger partial charge < -0.3 is 0 Å². The molecule has 2 rings (SSSR count). The smallest absolute Gasteiger partial charge is 0.0219 e. The van der Waals surface area contributed by atoms with Crippen molar-refractivity contribution in [1.29, 1.82) is 0 Å². The second kappa shape index (κ2) is 3.61. The summed E-state index contributed by atoms with van der Waals surface area (Å²) >= 11 is 0. The molecule has 0 unspecified atom stereocenters. The van der Waals surface area contributed by atoms with Crippen molar-refractivity contribution in [1.82, 2.24) is 0 Å². The predicted octanol–water partition coefficient (Wildman–Crippen LogP) is 4.16. The van der Waals surface area contributed by atoms with Gasteiger partial charge in [0.1, 0.15) is 0 Å². The van der Waals surface area contributed by atoms with E-state index in [-0.39, 0.29) is 0 Å². The summed E-state index contributed by atoms with van der Waals surface area (Å²) in [6.07, 6.45) is 4.77. The van der Waals surface area contributed by atoms with Crippen LogP contribution in [0.25, 0.3) is 6.08 Å². The largest absolute Gasteiger partial charge is 0.0724 e. The first kappa shape index (κ1) is 9.51. The molecule has 74 valence electrons. The van der Waals surface area contributed by atoms with E-state index in [0.717, 1.165) is 0 Å². The van der Waals surface area contributed by atoms with Gasteiger partial charge in [-0.1, -0.05) is 43.7 Å². The van der Waals surface area contributed by atoms with Gasteiger partial charge in [-0.2, -0.15) is 0 Å². The van der Waals surface area contributed by atoms with Crippen molar-refractivity contribution in [3.8, 4) is 0 Å². The quantitative estimate of drug-likeness (QED) is 0.617. The summed E-state index contributed by atoms with van der Waals surface area (Å²) in [5.74, 6) is 0.646. The summed E-state index contributed by atoms with van der Waals surface area (Å²) in [5, 5.41) is 0. The summed E-state index contributed by atoms with van der Waals surface area (Å²) in [4.78, 5) is 0. The van der Waals surface area contributed by atoms with Gasteiger partial charge in [-0.05, 0) is 42.4 Å². The minimum absolute atomic E-state index is 0.646. The fourth-order valence-corrected chi connectivity index (χ4v) is 2.01. The molecule has 0 N–H and O–H groups in total. The van der Waals surface area contributed by atoms with E-state index in [1.54, 1.807) is 0 Å². The maximum Gasteiger partial charge on any atom is -0.0219 e. The minimum atomic E-state index is 0.646. The number of rotatable bonds is 1. The molecule has 0 bridgehead atoms. The van der Waals surface area contributed by atoms with Crippen molar-refractivity contribution in [2.24, 2.45) is 0 Å². The van der Waals surface area contributed by atoms with Crippen LogP contribution in [0.1, 0.15) is 49.8 Å². The highest BCUT2D eigenvalue weighted by molar-refractivity contribution is 5.59. The topological polar surface area (TPSA) is 0 Å². The van der Waals surface area contributed by atoms with E-state index in [0.29, 0.717) is 5.92 Å². The van der Waals surface area contributed by atoms with E-state index in [1.807, 2.05) is 0 Å². The van der Waals surface area contributed by atoms with Crippen molar-refractivity contribution >= 4 is 6.08 Å². The van der Waals surface area contributed by atoms with Gasteiger partial charge in [-0.25, -0.2) is 0 Å². The Kier molecular flexibility index (Phi) is 2.45. The predicted molar refractivity (Wildman–Crippen MR) is 62.5 cm³/mol. The molecule has 14 heavy (non-hydrogen) atoms. The zero-order valence-corrected chi connectivity index (χ0v) is 9.30. The fourth-order valence-electron chi connectivity index (χ4n) is 2.01. The standard InChI is InChI=1S/C14H18/c1-10(2)12-6-7-13-8-11(3)4-5-14(13)9-12/h6-10H,4-5H2,1-3H3. The second-order valence-corrected chi connectivity index (χ2v) is 4.60. The lowest BCUT2D eigenvalue weighted by Gasteiger charge is -2.16. The van der Waals surface area contributed by atoms with Crippen molar-refractivity contribution in [2.45, 2.75) is 39.5 Å². The summed E-state index contributed by atoms with van der Waals surface area (Å²) in [6, 6.07) is 6.91. The third-order valence-electron chi connectivity index (χ3n) is 3.02. The molecule has 0 saturated carbocycles. The summed E-state index contributed by atoms with van der Waals surface area (Å²) in [6.45, 7) is 6.73. The summed E-state index contributed by atoms with van der Waals surface area (Å²) in [5.41, 5.74) is 5.94. The van der Waals surface area contributed by atoms with Gasteiger partial charge in [0.15, 0.2) is 0 Å². The van der Waals surface area contributed by atoms with Crippen LogP contribution in [-0.4, -0.2) is 0 Å². The Labute approximate surface area is 86.7 Å². The molecule has 1 aliphatic carbocycles. The Bertz CT molecular complexity index is 370. The molecular formula is C14H18. The third-order valence-corrected chi connectivity index (χ3v) is 3.02. The summed E-state index contributed by atoms with van der Waals surface area (Å²) < 4.78 is 0. The van der Waals surface area contributed by atoms with Gasteiger partial charge in [0.2, 0.25) is 0 Å². The maximum absolute atomic E-state index is 2.38. The molecule has 0 heteroatoms. The van der Waals surface area contributed by atoms with Crippen LogP contribution in [0.3, 0.4) is 0 Å². The Morgan fingerprint density at radius 2 is 1.93 bits per heavy atom. The molecule has 1 aliphatic rings. The molecule has 0 aliphatic heterocycles. The monoisotopic (exact) mass is 186 g/mol. The van der Waals surface area contributed by atoms with Crippen molar-refractivity contribution in [2.75, 3.05) is 0 Å². The van der Waals surface area contributed by atoms with Gasteiger partial charge in [0.25, 0.3) is 0 Å². The highest BCUT2D eigenvalue weighted by Gasteiger charge is 2.09. The minimum Gasteiger partial charge on any atom is -0.0724 e. The van der Waals surface area contributed by atoms with Crippen LogP contribution in [-0.2, 0) is 6.42 Å². The van der Waals surface area contributed by atoms with Crippen LogP contribution < -0.4 is 0 Å². The molecule has 0 heterocycles. The van der Waals surface area contributed by atoms with Gasteiger partial charge in [-0.3, -0.25) is 0 Å². The van der Waals surface area contributed by atoms with E-state index in [2.05, 4.69) is 45.0 Å². The van der Waals surface area contributed by atoms with E-state index < -0.39 is 0 Å². The molecule has 0 fully saturated rings. The van der Waals surface area contributed by atoms with E-state index in [1.165, 1.54) is 35.1 Å². The molecular weight excluding hydrogens is 168 g/mol. The van der Waals surface area contributed by atoms with Gasteiger partial charge >= 0.3 is 0 Å². The second-order valence-electron chi connectivity index (χ2n) is 4.60. The van der Waals surface area contributed by atoms with Crippen molar-refractivity contribution in [3.05, 3.63) is 40.5 Å². The van der Waals surface area contributed by atoms with E-state index >= 15 is 0 Å². The van der Waals surface area contributed by atoms with Crippen molar-refractivity contribution in [3.63, 3.8) is 0 Å². The zero-order valence-electron chi connectivity index (χ0n) is 9.30. The lowest BCUT2D eigenvalue weighted by molar-refractivity contribution is 0.853. The molecule has 0 radical (unpaired) electrons. The van der Waals surface area contributed by atoms with Crippen molar-refractivity contribution < 1.29 is 0 Å². The number of allylic oxidation sites excluding steroid dienone is 1. The third kappa shape index (κ3) is 1.75. The number of fused-ring (bicyclic) bond motifs is 1. The normalized spacial score (nSPS) is 15.3. The first-order valence-corrected chi connectivity index (χ1v) is 5.47. The van der Waals surface area contributed by atoms with Gasteiger partial charge in [0.05, 0.1) is 0 Å². The van der Waals surface area contributed by atoms with E-state index in [4.69, 9.17) is 0 Å². The molecule has 0 atom stereocenters. The Hall–Kier alpha value is -1.04. The first-order valence-electron chi connectivity index (χ1n) is 5.47. The van der Waals surface area contributed by atoms with Crippen LogP contribution in [0, 0.1) is 0 Å². The Balaban J connectivity index is 2.42. The Morgan fingerprint density at radius 3 is 2.64 bits per heavy atom. The highest BCUT2D eigenvalue weighted by atomic mass is 14.1. The van der Waals surface area contributed by atoms with E-state index in [9.17, 15) is 0 Å². The number of aryl methyl sites for hydroxylation is 1. The number of benzene rings is 1. The van der Waals surface area contributed by atoms with Crippen LogP contribution >= 0.6 is 0 Å². The van der Waals surface area contributed by atoms with Crippen LogP contribution in [0.4, 0.5) is 0 Å². The lowest BCUT2D eigenvalue weighted by atomic mass is 9.89. The van der Waals surface area contributed by atoms with Crippen LogP contribution in [0.5, 0.6) is 0 Å². The van der Waals surface area contributed by atoms with Gasteiger partial charge in [0, 0.05) is 0 Å². The molecule has 1 aromatic carbocycles.